The van der Waals surface area contributed by atoms with Gasteiger partial charge in [-0.3, -0.25) is 4.79 Å². The zero-order valence-electron chi connectivity index (χ0n) is 12.1. The molecule has 22 heavy (non-hydrogen) atoms. The molecule has 116 valence electrons. The fourth-order valence-corrected chi connectivity index (χ4v) is 3.61. The first-order valence-electron chi connectivity index (χ1n) is 7.20. The van der Waals surface area contributed by atoms with Crippen molar-refractivity contribution >= 4 is 29.2 Å². The number of aromatic nitrogens is 2. The van der Waals surface area contributed by atoms with Gasteiger partial charge in [-0.15, -0.1) is 0 Å². The van der Waals surface area contributed by atoms with Crippen LogP contribution in [0.2, 0.25) is 10.0 Å². The molecule has 0 spiro atoms. The topological polar surface area (TPSA) is 55.0 Å². The minimum Gasteiger partial charge on any atom is -0.462 e. The first-order chi connectivity index (χ1) is 10.5. The standard InChI is InChI=1S/C16H16Cl2N2O2/c1-2-11-8-16(15(21)22-11,9-14-19-5-6-20-14)12-4-3-10(17)7-13(12)18/h3-7,11H,2,8-9H2,1H3,(H,19,20). The number of cyclic esters (lactones) is 1. The van der Waals surface area contributed by atoms with Crippen molar-refractivity contribution < 1.29 is 9.53 Å². The summed E-state index contributed by atoms with van der Waals surface area (Å²) in [6, 6.07) is 5.22. The van der Waals surface area contributed by atoms with Crippen LogP contribution in [0.15, 0.2) is 30.6 Å². The van der Waals surface area contributed by atoms with Crippen LogP contribution in [0.1, 0.15) is 31.2 Å². The number of ether oxygens (including phenoxy) is 1. The predicted molar refractivity (Wildman–Crippen MR) is 85.2 cm³/mol. The molecule has 1 aliphatic rings. The predicted octanol–water partition coefficient (Wildman–Crippen LogP) is 3.92. The first kappa shape index (κ1) is 15.4. The third-order valence-electron chi connectivity index (χ3n) is 4.17. The molecule has 6 heteroatoms. The van der Waals surface area contributed by atoms with Crippen molar-refractivity contribution in [3.63, 3.8) is 0 Å². The second kappa shape index (κ2) is 5.94. The number of halogens is 2. The molecular weight excluding hydrogens is 323 g/mol. The maximum Gasteiger partial charge on any atom is 0.317 e. The summed E-state index contributed by atoms with van der Waals surface area (Å²) in [6.45, 7) is 2.00. The van der Waals surface area contributed by atoms with Crippen LogP contribution in [-0.4, -0.2) is 22.0 Å². The number of carbonyl (C=O) groups is 1. The largest absolute Gasteiger partial charge is 0.462 e. The highest BCUT2D eigenvalue weighted by atomic mass is 35.5. The monoisotopic (exact) mass is 338 g/mol. The van der Waals surface area contributed by atoms with Crippen molar-refractivity contribution in [1.29, 1.82) is 0 Å². The van der Waals surface area contributed by atoms with Crippen molar-refractivity contribution in [3.8, 4) is 0 Å². The molecule has 1 aromatic carbocycles. The molecule has 2 aromatic rings. The summed E-state index contributed by atoms with van der Waals surface area (Å²) >= 11 is 12.4. The molecule has 0 amide bonds. The summed E-state index contributed by atoms with van der Waals surface area (Å²) in [6.07, 6.45) is 5.10. The zero-order chi connectivity index (χ0) is 15.7. The molecule has 1 saturated heterocycles. The maximum atomic E-state index is 12.7. The Kier molecular flexibility index (Phi) is 4.15. The Balaban J connectivity index is 2.08. The smallest absolute Gasteiger partial charge is 0.317 e. The second-order valence-electron chi connectivity index (χ2n) is 5.56. The zero-order valence-corrected chi connectivity index (χ0v) is 13.6. The second-order valence-corrected chi connectivity index (χ2v) is 6.40. The summed E-state index contributed by atoms with van der Waals surface area (Å²) in [5, 5.41) is 1.02. The van der Waals surface area contributed by atoms with Gasteiger partial charge in [0.1, 0.15) is 17.3 Å². The van der Waals surface area contributed by atoms with Gasteiger partial charge in [0.2, 0.25) is 0 Å². The van der Waals surface area contributed by atoms with E-state index in [9.17, 15) is 4.79 Å². The van der Waals surface area contributed by atoms with E-state index >= 15 is 0 Å². The van der Waals surface area contributed by atoms with Crippen LogP contribution in [0.25, 0.3) is 0 Å². The molecule has 1 N–H and O–H groups in total. The average Bonchev–Trinajstić information content (AvgIpc) is 3.08. The molecule has 1 aromatic heterocycles. The van der Waals surface area contributed by atoms with Gasteiger partial charge in [0.15, 0.2) is 0 Å². The van der Waals surface area contributed by atoms with Crippen LogP contribution in [0, 0.1) is 0 Å². The summed E-state index contributed by atoms with van der Waals surface area (Å²) < 4.78 is 5.54. The Morgan fingerprint density at radius 1 is 1.45 bits per heavy atom. The number of esters is 1. The molecule has 0 radical (unpaired) electrons. The minimum absolute atomic E-state index is 0.103. The van der Waals surface area contributed by atoms with Gasteiger partial charge in [-0.1, -0.05) is 36.2 Å². The van der Waals surface area contributed by atoms with Crippen molar-refractivity contribution in [3.05, 3.63) is 52.0 Å². The van der Waals surface area contributed by atoms with Crippen LogP contribution in [0.5, 0.6) is 0 Å². The first-order valence-corrected chi connectivity index (χ1v) is 7.95. The van der Waals surface area contributed by atoms with Crippen molar-refractivity contribution in [2.45, 2.75) is 37.7 Å². The quantitative estimate of drug-likeness (QED) is 0.859. The van der Waals surface area contributed by atoms with E-state index in [4.69, 9.17) is 27.9 Å². The number of carbonyl (C=O) groups excluding carboxylic acids is 1. The Hall–Kier alpha value is -1.52. The van der Waals surface area contributed by atoms with Crippen molar-refractivity contribution in [1.82, 2.24) is 9.97 Å². The molecule has 3 rings (SSSR count). The van der Waals surface area contributed by atoms with Gasteiger partial charge < -0.3 is 9.72 Å². The van der Waals surface area contributed by atoms with Gasteiger partial charge in [0, 0.05) is 35.3 Å². The Bertz CT molecular complexity index is 687. The Morgan fingerprint density at radius 3 is 2.86 bits per heavy atom. The number of nitrogens with zero attached hydrogens (tertiary/aromatic N) is 1. The van der Waals surface area contributed by atoms with Crippen LogP contribution in [0.3, 0.4) is 0 Å². The van der Waals surface area contributed by atoms with E-state index in [0.29, 0.717) is 22.9 Å². The summed E-state index contributed by atoms with van der Waals surface area (Å²) in [5.41, 5.74) is -0.0730. The number of hydrogen-bond acceptors (Lipinski definition) is 3. The van der Waals surface area contributed by atoms with E-state index in [-0.39, 0.29) is 12.1 Å². The van der Waals surface area contributed by atoms with E-state index in [1.165, 1.54) is 0 Å². The highest BCUT2D eigenvalue weighted by Gasteiger charge is 2.51. The molecule has 4 nitrogen and oxygen atoms in total. The highest BCUT2D eigenvalue weighted by molar-refractivity contribution is 6.35. The van der Waals surface area contributed by atoms with Crippen molar-refractivity contribution in [2.75, 3.05) is 0 Å². The van der Waals surface area contributed by atoms with E-state index in [2.05, 4.69) is 9.97 Å². The molecule has 0 aliphatic carbocycles. The third kappa shape index (κ3) is 2.61. The Labute approximate surface area is 138 Å². The summed E-state index contributed by atoms with van der Waals surface area (Å²) in [5.74, 6) is 0.486. The average molecular weight is 339 g/mol. The lowest BCUT2D eigenvalue weighted by atomic mass is 9.74. The summed E-state index contributed by atoms with van der Waals surface area (Å²) in [4.78, 5) is 20.0. The lowest BCUT2D eigenvalue weighted by Crippen LogP contribution is -2.35. The van der Waals surface area contributed by atoms with Gasteiger partial charge in [-0.2, -0.15) is 0 Å². The maximum absolute atomic E-state index is 12.7. The van der Waals surface area contributed by atoms with Gasteiger partial charge >= 0.3 is 5.97 Å². The molecule has 2 heterocycles. The molecule has 0 saturated carbocycles. The third-order valence-corrected chi connectivity index (χ3v) is 4.71. The van der Waals surface area contributed by atoms with Gasteiger partial charge in [0.05, 0.1) is 0 Å². The SMILES string of the molecule is CCC1CC(Cc2ncc[nH]2)(c2ccc(Cl)cc2Cl)C(=O)O1. The molecule has 1 aliphatic heterocycles. The van der Waals surface area contributed by atoms with Crippen LogP contribution in [-0.2, 0) is 21.4 Å². The summed E-state index contributed by atoms with van der Waals surface area (Å²) in [7, 11) is 0. The van der Waals surface area contributed by atoms with Crippen LogP contribution in [0.4, 0.5) is 0 Å². The van der Waals surface area contributed by atoms with E-state index < -0.39 is 5.41 Å². The Morgan fingerprint density at radius 2 is 2.27 bits per heavy atom. The van der Waals surface area contributed by atoms with Crippen LogP contribution < -0.4 is 0 Å². The highest BCUT2D eigenvalue weighted by Crippen LogP contribution is 2.44. The number of imidazole rings is 1. The van der Waals surface area contributed by atoms with Crippen LogP contribution >= 0.6 is 23.2 Å². The minimum atomic E-state index is -0.819. The van der Waals surface area contributed by atoms with Gasteiger partial charge in [-0.25, -0.2) is 4.98 Å². The number of aromatic amines is 1. The molecule has 0 bridgehead atoms. The number of hydrogen-bond donors (Lipinski definition) is 1. The van der Waals surface area contributed by atoms with E-state index in [0.717, 1.165) is 17.8 Å². The fraction of sp³-hybridized carbons (Fsp3) is 0.375. The lowest BCUT2D eigenvalue weighted by molar-refractivity contribution is -0.145. The van der Waals surface area contributed by atoms with E-state index in [1.54, 1.807) is 24.5 Å². The fourth-order valence-electron chi connectivity index (χ4n) is 3.02. The number of benzene rings is 1. The number of rotatable bonds is 4. The molecular formula is C16H16Cl2N2O2. The van der Waals surface area contributed by atoms with E-state index in [1.807, 2.05) is 13.0 Å². The molecule has 1 fully saturated rings. The number of nitrogens with one attached hydrogen (secondary N) is 1. The van der Waals surface area contributed by atoms with Crippen molar-refractivity contribution in [2.24, 2.45) is 0 Å². The number of H-pyrrole nitrogens is 1. The van der Waals surface area contributed by atoms with Gasteiger partial charge in [-0.05, 0) is 24.1 Å². The van der Waals surface area contributed by atoms with Gasteiger partial charge in [0.25, 0.3) is 0 Å². The normalized spacial score (nSPS) is 24.5. The lowest BCUT2D eigenvalue weighted by Gasteiger charge is -2.25. The molecule has 2 unspecified atom stereocenters. The molecule has 2 atom stereocenters.